The molecule has 0 aromatic carbocycles. The number of hydrogen-bond acceptors (Lipinski definition) is 3. The van der Waals surface area contributed by atoms with Crippen molar-refractivity contribution >= 4 is 17.5 Å². The van der Waals surface area contributed by atoms with Crippen molar-refractivity contribution in [1.29, 1.82) is 0 Å². The van der Waals surface area contributed by atoms with Crippen LogP contribution in [0.1, 0.15) is 49.0 Å². The van der Waals surface area contributed by atoms with E-state index in [9.17, 15) is 4.79 Å². The first kappa shape index (κ1) is 18.3. The molecule has 0 aliphatic carbocycles. The van der Waals surface area contributed by atoms with E-state index in [1.807, 2.05) is 13.8 Å². The van der Waals surface area contributed by atoms with Crippen LogP contribution in [0.25, 0.3) is 0 Å². The molecule has 0 saturated carbocycles. The number of rotatable bonds is 7. The first-order valence-electron chi connectivity index (χ1n) is 5.72. The summed E-state index contributed by atoms with van der Waals surface area (Å²) < 4.78 is 0. The predicted octanol–water partition coefficient (Wildman–Crippen LogP) is 3.66. The number of ketones is 1. The average Bonchev–Trinajstić information content (AvgIpc) is 2.10. The Kier molecular flexibility index (Phi) is 10.4. The molecule has 0 aliphatic rings. The van der Waals surface area contributed by atoms with Crippen molar-refractivity contribution in [3.8, 4) is 0 Å². The van der Waals surface area contributed by atoms with Crippen LogP contribution in [-0.4, -0.2) is 34.4 Å². The summed E-state index contributed by atoms with van der Waals surface area (Å²) in [4.78, 5) is 13.8. The molecule has 3 heteroatoms. The molecule has 2 nitrogen and oxygen atoms in total. The van der Waals surface area contributed by atoms with E-state index in [0.717, 1.165) is 5.88 Å². The Hall–Kier alpha value is -0.0200. The van der Waals surface area contributed by atoms with Gasteiger partial charge in [0, 0.05) is 23.9 Å². The second kappa shape index (κ2) is 9.06. The summed E-state index contributed by atoms with van der Waals surface area (Å²) in [6.07, 6.45) is 0. The quantitative estimate of drug-likeness (QED) is 0.640. The fourth-order valence-electron chi connectivity index (χ4n) is 1.31. The summed E-state index contributed by atoms with van der Waals surface area (Å²) >= 11 is 1.73. The molecule has 0 atom stereocenters. The van der Waals surface area contributed by atoms with Gasteiger partial charge in [0.1, 0.15) is 5.78 Å². The van der Waals surface area contributed by atoms with Crippen LogP contribution in [0.5, 0.6) is 0 Å². The summed E-state index contributed by atoms with van der Waals surface area (Å²) in [5, 5.41) is 0. The van der Waals surface area contributed by atoms with Crippen molar-refractivity contribution in [2.45, 2.75) is 61.1 Å². The van der Waals surface area contributed by atoms with Gasteiger partial charge in [-0.3, -0.25) is 9.69 Å². The van der Waals surface area contributed by atoms with Crippen LogP contribution in [0.2, 0.25) is 0 Å². The van der Waals surface area contributed by atoms with Gasteiger partial charge in [0.15, 0.2) is 0 Å². The smallest absolute Gasteiger partial charge is 0.145 e. The fourth-order valence-corrected chi connectivity index (χ4v) is 2.75. The normalized spacial score (nSPS) is 11.4. The standard InChI is InChI=1S/C12H25NOS.CH4/c1-9(2)12(14)7-15-8-13(10(3)4)11(5)6;/h9-11H,7-8H2,1-6H3;1H4. The highest BCUT2D eigenvalue weighted by molar-refractivity contribution is 7.99. The van der Waals surface area contributed by atoms with E-state index >= 15 is 0 Å². The summed E-state index contributed by atoms with van der Waals surface area (Å²) in [5.74, 6) is 2.12. The number of Topliss-reactive ketones (excluding diaryl/α,β-unsaturated/α-hetero) is 1. The highest BCUT2D eigenvalue weighted by Gasteiger charge is 2.14. The molecule has 0 fully saturated rings. The third-order valence-electron chi connectivity index (χ3n) is 2.46. The lowest BCUT2D eigenvalue weighted by Gasteiger charge is -2.29. The molecule has 0 saturated heterocycles. The first-order valence-corrected chi connectivity index (χ1v) is 6.88. The highest BCUT2D eigenvalue weighted by atomic mass is 32.2. The van der Waals surface area contributed by atoms with Gasteiger partial charge in [0.25, 0.3) is 0 Å². The first-order chi connectivity index (χ1) is 6.86. The third-order valence-corrected chi connectivity index (χ3v) is 3.42. The van der Waals surface area contributed by atoms with Gasteiger partial charge in [-0.1, -0.05) is 21.3 Å². The predicted molar refractivity (Wildman–Crippen MR) is 76.0 cm³/mol. The van der Waals surface area contributed by atoms with Crippen LogP contribution in [0.4, 0.5) is 0 Å². The lowest BCUT2D eigenvalue weighted by Crippen LogP contribution is -2.36. The minimum absolute atomic E-state index is 0. The molecule has 0 aromatic rings. The van der Waals surface area contributed by atoms with E-state index in [-0.39, 0.29) is 13.3 Å². The van der Waals surface area contributed by atoms with E-state index in [0.29, 0.717) is 23.6 Å². The van der Waals surface area contributed by atoms with Crippen molar-refractivity contribution in [3.63, 3.8) is 0 Å². The molecule has 0 bridgehead atoms. The number of carbonyl (C=O) groups is 1. The minimum atomic E-state index is 0. The Labute approximate surface area is 106 Å². The number of thioether (sulfide) groups is 1. The SMILES string of the molecule is C.CC(C)C(=O)CSCN(C(C)C)C(C)C. The summed E-state index contributed by atoms with van der Waals surface area (Å²) in [6, 6.07) is 1.10. The Balaban J connectivity index is 0. The topological polar surface area (TPSA) is 20.3 Å². The van der Waals surface area contributed by atoms with Crippen molar-refractivity contribution < 1.29 is 4.79 Å². The van der Waals surface area contributed by atoms with Gasteiger partial charge in [-0.05, 0) is 27.7 Å². The summed E-state index contributed by atoms with van der Waals surface area (Å²) in [7, 11) is 0. The molecule has 0 amide bonds. The molecule has 0 radical (unpaired) electrons. The molecule has 0 aliphatic heterocycles. The third kappa shape index (κ3) is 7.29. The summed E-state index contributed by atoms with van der Waals surface area (Å²) in [5.41, 5.74) is 0. The second-order valence-corrected chi connectivity index (χ2v) is 5.76. The van der Waals surface area contributed by atoms with E-state index in [1.165, 1.54) is 0 Å². The van der Waals surface area contributed by atoms with Crippen LogP contribution < -0.4 is 0 Å². The maximum absolute atomic E-state index is 11.4. The molecule has 16 heavy (non-hydrogen) atoms. The molecule has 98 valence electrons. The van der Waals surface area contributed by atoms with Crippen molar-refractivity contribution in [2.75, 3.05) is 11.6 Å². The van der Waals surface area contributed by atoms with Gasteiger partial charge in [0.05, 0.1) is 5.75 Å². The van der Waals surface area contributed by atoms with Gasteiger partial charge >= 0.3 is 0 Å². The minimum Gasteiger partial charge on any atom is -0.298 e. The Morgan fingerprint density at radius 1 is 1.06 bits per heavy atom. The van der Waals surface area contributed by atoms with Gasteiger partial charge in [-0.25, -0.2) is 0 Å². The lowest BCUT2D eigenvalue weighted by molar-refractivity contribution is -0.119. The average molecular weight is 247 g/mol. The summed E-state index contributed by atoms with van der Waals surface area (Å²) in [6.45, 7) is 12.7. The van der Waals surface area contributed by atoms with Crippen LogP contribution in [0, 0.1) is 5.92 Å². The van der Waals surface area contributed by atoms with E-state index in [1.54, 1.807) is 11.8 Å². The highest BCUT2D eigenvalue weighted by Crippen LogP contribution is 2.13. The molecular formula is C13H29NOS. The van der Waals surface area contributed by atoms with Crippen LogP contribution in [-0.2, 0) is 4.79 Å². The Morgan fingerprint density at radius 3 is 1.81 bits per heavy atom. The van der Waals surface area contributed by atoms with Gasteiger partial charge < -0.3 is 0 Å². The van der Waals surface area contributed by atoms with E-state index in [2.05, 4.69) is 32.6 Å². The second-order valence-electron chi connectivity index (χ2n) is 4.80. The van der Waals surface area contributed by atoms with Gasteiger partial charge in [-0.15, -0.1) is 11.8 Å². The molecule has 0 rings (SSSR count). The number of hydrogen-bond donors (Lipinski definition) is 0. The number of carbonyl (C=O) groups excluding carboxylic acids is 1. The fraction of sp³-hybridized carbons (Fsp3) is 0.923. The molecule has 0 heterocycles. The van der Waals surface area contributed by atoms with Crippen LogP contribution >= 0.6 is 11.8 Å². The van der Waals surface area contributed by atoms with Crippen molar-refractivity contribution in [1.82, 2.24) is 4.90 Å². The lowest BCUT2D eigenvalue weighted by atomic mass is 10.1. The van der Waals surface area contributed by atoms with Gasteiger partial charge in [-0.2, -0.15) is 0 Å². The molecule has 0 unspecified atom stereocenters. The monoisotopic (exact) mass is 247 g/mol. The number of nitrogens with zero attached hydrogens (tertiary/aromatic N) is 1. The Morgan fingerprint density at radius 2 is 1.50 bits per heavy atom. The molecule has 0 spiro atoms. The Bertz CT molecular complexity index is 182. The zero-order valence-electron chi connectivity index (χ0n) is 10.9. The molecule has 0 N–H and O–H groups in total. The molecule has 0 aromatic heterocycles. The molecular weight excluding hydrogens is 218 g/mol. The van der Waals surface area contributed by atoms with Crippen molar-refractivity contribution in [3.05, 3.63) is 0 Å². The zero-order valence-corrected chi connectivity index (χ0v) is 11.7. The van der Waals surface area contributed by atoms with Gasteiger partial charge in [0.2, 0.25) is 0 Å². The van der Waals surface area contributed by atoms with E-state index < -0.39 is 0 Å². The van der Waals surface area contributed by atoms with Crippen molar-refractivity contribution in [2.24, 2.45) is 5.92 Å². The van der Waals surface area contributed by atoms with Crippen LogP contribution in [0.15, 0.2) is 0 Å². The largest absolute Gasteiger partial charge is 0.298 e. The maximum Gasteiger partial charge on any atom is 0.145 e. The maximum atomic E-state index is 11.4. The van der Waals surface area contributed by atoms with E-state index in [4.69, 9.17) is 0 Å². The van der Waals surface area contributed by atoms with Crippen LogP contribution in [0.3, 0.4) is 0 Å². The zero-order chi connectivity index (χ0) is 12.0.